The average molecular weight is 366 g/mol. The summed E-state index contributed by atoms with van der Waals surface area (Å²) in [7, 11) is 0. The van der Waals surface area contributed by atoms with Gasteiger partial charge in [0.15, 0.2) is 5.82 Å². The van der Waals surface area contributed by atoms with Gasteiger partial charge in [0.25, 0.3) is 0 Å². The van der Waals surface area contributed by atoms with Crippen LogP contribution in [0.4, 0.5) is 0 Å². The lowest BCUT2D eigenvalue weighted by Crippen LogP contribution is -2.01. The van der Waals surface area contributed by atoms with E-state index in [1.54, 1.807) is 6.20 Å². The van der Waals surface area contributed by atoms with Crippen molar-refractivity contribution in [2.24, 2.45) is 0 Å². The Labute approximate surface area is 162 Å². The summed E-state index contributed by atoms with van der Waals surface area (Å²) in [6.45, 7) is 0.655. The van der Waals surface area contributed by atoms with E-state index in [4.69, 9.17) is 0 Å². The number of hydrogen-bond acceptors (Lipinski definition) is 3. The molecular formula is C22H18N6. The Bertz CT molecular complexity index is 1170. The molecule has 0 saturated carbocycles. The summed E-state index contributed by atoms with van der Waals surface area (Å²) < 4.78 is 3.99. The molecule has 0 saturated heterocycles. The number of rotatable bonds is 5. The highest BCUT2D eigenvalue weighted by Crippen LogP contribution is 2.29. The molecule has 0 bridgehead atoms. The lowest BCUT2D eigenvalue weighted by Gasteiger charge is -2.07. The fourth-order valence-electron chi connectivity index (χ4n) is 3.31. The molecule has 0 unspecified atom stereocenters. The molecule has 6 heteroatoms. The fraction of sp³-hybridized carbons (Fsp3) is 0.0455. The fourth-order valence-corrected chi connectivity index (χ4v) is 3.31. The quantitative estimate of drug-likeness (QED) is 0.508. The minimum Gasteiger partial charge on any atom is -0.343 e. The predicted molar refractivity (Wildman–Crippen MR) is 108 cm³/mol. The van der Waals surface area contributed by atoms with E-state index >= 15 is 0 Å². The van der Waals surface area contributed by atoms with Gasteiger partial charge in [-0.05, 0) is 12.1 Å². The smallest absolute Gasteiger partial charge is 0.156 e. The van der Waals surface area contributed by atoms with Crippen LogP contribution in [0.5, 0.6) is 0 Å². The molecule has 0 spiro atoms. The van der Waals surface area contributed by atoms with Gasteiger partial charge in [-0.1, -0.05) is 48.5 Å². The second kappa shape index (κ2) is 7.00. The van der Waals surface area contributed by atoms with E-state index in [1.165, 1.54) is 0 Å². The first-order valence-corrected chi connectivity index (χ1v) is 9.08. The molecule has 0 atom stereocenters. The van der Waals surface area contributed by atoms with Gasteiger partial charge in [-0.15, -0.1) is 0 Å². The van der Waals surface area contributed by atoms with Gasteiger partial charge in [-0.3, -0.25) is 0 Å². The number of para-hydroxylation sites is 1. The third kappa shape index (κ3) is 3.01. The van der Waals surface area contributed by atoms with E-state index in [2.05, 4.69) is 36.8 Å². The van der Waals surface area contributed by atoms with Crippen LogP contribution in [0.1, 0.15) is 5.56 Å². The molecule has 0 aliphatic rings. The third-order valence-corrected chi connectivity index (χ3v) is 4.62. The molecule has 6 nitrogen and oxygen atoms in total. The van der Waals surface area contributed by atoms with Gasteiger partial charge in [0, 0.05) is 29.7 Å². The molecule has 0 amide bonds. The Morgan fingerprint density at radius 2 is 1.68 bits per heavy atom. The maximum atomic E-state index is 4.68. The number of aromatic nitrogens is 6. The molecule has 5 aromatic rings. The van der Waals surface area contributed by atoms with Crippen molar-refractivity contribution in [3.8, 4) is 28.5 Å². The van der Waals surface area contributed by atoms with Crippen LogP contribution in [0, 0.1) is 0 Å². The molecule has 0 aliphatic carbocycles. The number of imidazole rings is 2. The summed E-state index contributed by atoms with van der Waals surface area (Å²) in [5.41, 5.74) is 5.06. The van der Waals surface area contributed by atoms with Crippen LogP contribution in [0.2, 0.25) is 0 Å². The molecule has 3 heterocycles. The zero-order valence-electron chi connectivity index (χ0n) is 15.1. The van der Waals surface area contributed by atoms with Gasteiger partial charge in [-0.25, -0.2) is 14.6 Å². The Morgan fingerprint density at radius 1 is 0.893 bits per heavy atom. The first-order chi connectivity index (χ1) is 13.9. The molecule has 0 radical (unpaired) electrons. The Kier molecular flexibility index (Phi) is 4.06. The lowest BCUT2D eigenvalue weighted by atomic mass is 10.1. The van der Waals surface area contributed by atoms with E-state index in [0.717, 1.165) is 34.0 Å². The summed E-state index contributed by atoms with van der Waals surface area (Å²) >= 11 is 0. The molecule has 28 heavy (non-hydrogen) atoms. The standard InChI is InChI=1S/C22H18N6/c1-3-7-18(8-4-1)20-21(22-23-11-12-24-22)27(16-25-20)14-17-13-26-28(15-17)19-9-5-2-6-10-19/h1-13,15-16H,14H2,(H,23,24). The zero-order chi connectivity index (χ0) is 18.8. The van der Waals surface area contributed by atoms with Crippen molar-refractivity contribution in [3.05, 3.63) is 97.3 Å². The van der Waals surface area contributed by atoms with E-state index in [1.807, 2.05) is 78.1 Å². The van der Waals surface area contributed by atoms with E-state index < -0.39 is 0 Å². The normalized spacial score (nSPS) is 11.0. The second-order valence-corrected chi connectivity index (χ2v) is 6.50. The number of nitrogens with one attached hydrogen (secondary N) is 1. The minimum atomic E-state index is 0.655. The maximum absolute atomic E-state index is 4.68. The first-order valence-electron chi connectivity index (χ1n) is 9.08. The number of hydrogen-bond donors (Lipinski definition) is 1. The van der Waals surface area contributed by atoms with Gasteiger partial charge in [0.05, 0.1) is 30.5 Å². The molecule has 0 aliphatic heterocycles. The number of aromatic amines is 1. The van der Waals surface area contributed by atoms with Crippen molar-refractivity contribution in [1.29, 1.82) is 0 Å². The van der Waals surface area contributed by atoms with Crippen LogP contribution in [0.25, 0.3) is 28.5 Å². The second-order valence-electron chi connectivity index (χ2n) is 6.50. The SMILES string of the molecule is c1ccc(-c2ncn(Cc3cnn(-c4ccccc4)c3)c2-c2ncc[nH]2)cc1. The predicted octanol–water partition coefficient (Wildman–Crippen LogP) is 4.17. The van der Waals surface area contributed by atoms with Crippen LogP contribution >= 0.6 is 0 Å². The Balaban J connectivity index is 1.53. The molecule has 0 fully saturated rings. The average Bonchev–Trinajstić information content (AvgIpc) is 3.50. The van der Waals surface area contributed by atoms with E-state index in [0.29, 0.717) is 6.54 Å². The van der Waals surface area contributed by atoms with Crippen molar-refractivity contribution in [1.82, 2.24) is 29.3 Å². The Morgan fingerprint density at radius 3 is 2.43 bits per heavy atom. The molecule has 2 aromatic carbocycles. The minimum absolute atomic E-state index is 0.655. The molecule has 1 N–H and O–H groups in total. The summed E-state index contributed by atoms with van der Waals surface area (Å²) in [6, 6.07) is 20.3. The van der Waals surface area contributed by atoms with Gasteiger partial charge < -0.3 is 9.55 Å². The van der Waals surface area contributed by atoms with Crippen LogP contribution in [-0.4, -0.2) is 29.3 Å². The van der Waals surface area contributed by atoms with Gasteiger partial charge in [0.2, 0.25) is 0 Å². The van der Waals surface area contributed by atoms with Crippen molar-refractivity contribution in [3.63, 3.8) is 0 Å². The largest absolute Gasteiger partial charge is 0.343 e. The number of benzene rings is 2. The van der Waals surface area contributed by atoms with Crippen LogP contribution in [-0.2, 0) is 6.54 Å². The number of nitrogens with zero attached hydrogens (tertiary/aromatic N) is 5. The molecule has 5 rings (SSSR count). The highest BCUT2D eigenvalue weighted by Gasteiger charge is 2.17. The van der Waals surface area contributed by atoms with Gasteiger partial charge in [-0.2, -0.15) is 5.10 Å². The van der Waals surface area contributed by atoms with Crippen LogP contribution in [0.15, 0.2) is 91.8 Å². The zero-order valence-corrected chi connectivity index (χ0v) is 15.1. The van der Waals surface area contributed by atoms with Crippen LogP contribution in [0.3, 0.4) is 0 Å². The van der Waals surface area contributed by atoms with Crippen molar-refractivity contribution in [2.75, 3.05) is 0 Å². The highest BCUT2D eigenvalue weighted by atomic mass is 15.3. The maximum Gasteiger partial charge on any atom is 0.156 e. The molecular weight excluding hydrogens is 348 g/mol. The summed E-state index contributed by atoms with van der Waals surface area (Å²) in [6.07, 6.45) is 9.38. The van der Waals surface area contributed by atoms with Gasteiger partial charge in [0.1, 0.15) is 5.69 Å². The summed E-state index contributed by atoms with van der Waals surface area (Å²) in [5, 5.41) is 4.50. The van der Waals surface area contributed by atoms with E-state index in [9.17, 15) is 0 Å². The monoisotopic (exact) mass is 366 g/mol. The van der Waals surface area contributed by atoms with Crippen molar-refractivity contribution in [2.45, 2.75) is 6.54 Å². The Hall–Kier alpha value is -3.93. The van der Waals surface area contributed by atoms with Crippen LogP contribution < -0.4 is 0 Å². The highest BCUT2D eigenvalue weighted by molar-refractivity contribution is 5.75. The lowest BCUT2D eigenvalue weighted by molar-refractivity contribution is 0.799. The summed E-state index contributed by atoms with van der Waals surface area (Å²) in [4.78, 5) is 12.4. The van der Waals surface area contributed by atoms with E-state index in [-0.39, 0.29) is 0 Å². The van der Waals surface area contributed by atoms with Gasteiger partial charge >= 0.3 is 0 Å². The van der Waals surface area contributed by atoms with Crippen molar-refractivity contribution < 1.29 is 0 Å². The molecule has 136 valence electrons. The third-order valence-electron chi connectivity index (χ3n) is 4.62. The topological polar surface area (TPSA) is 64.3 Å². The number of H-pyrrole nitrogens is 1. The summed E-state index contributed by atoms with van der Waals surface area (Å²) in [5.74, 6) is 0.798. The first kappa shape index (κ1) is 16.3. The molecule has 3 aromatic heterocycles. The van der Waals surface area contributed by atoms with Crippen molar-refractivity contribution >= 4 is 0 Å².